The summed E-state index contributed by atoms with van der Waals surface area (Å²) in [5.74, 6) is 0.555. The van der Waals surface area contributed by atoms with Crippen LogP contribution in [0.3, 0.4) is 0 Å². The highest BCUT2D eigenvalue weighted by molar-refractivity contribution is 5.31. The van der Waals surface area contributed by atoms with Crippen LogP contribution in [0.2, 0.25) is 0 Å². The van der Waals surface area contributed by atoms with Gasteiger partial charge < -0.3 is 9.84 Å². The number of aliphatic hydroxyl groups is 1. The lowest BCUT2D eigenvalue weighted by atomic mass is 9.92. The molecular weight excluding hydrogens is 257 g/mol. The minimum Gasteiger partial charge on any atom is -0.488 e. The van der Waals surface area contributed by atoms with Gasteiger partial charge >= 0.3 is 6.18 Å². The minimum atomic E-state index is -4.41. The standard InChI is InChI=1S/C14H19F3O2/c1-12(2,3)19-11-7-5-10(6-8-11)13(4,18)9-14(15,16)17/h5-8,18H,9H2,1-4H3. The van der Waals surface area contributed by atoms with Crippen molar-refractivity contribution in [1.82, 2.24) is 0 Å². The third-order valence-electron chi connectivity index (χ3n) is 2.44. The summed E-state index contributed by atoms with van der Waals surface area (Å²) in [5, 5.41) is 9.88. The molecule has 0 heterocycles. The van der Waals surface area contributed by atoms with Crippen LogP contribution in [0.15, 0.2) is 24.3 Å². The van der Waals surface area contributed by atoms with Crippen LogP contribution in [0.4, 0.5) is 13.2 Å². The Kier molecular flexibility index (Phi) is 4.20. The largest absolute Gasteiger partial charge is 0.488 e. The molecule has 0 saturated carbocycles. The van der Waals surface area contributed by atoms with Crippen LogP contribution in [0.5, 0.6) is 5.75 Å². The molecule has 1 atom stereocenters. The molecule has 0 saturated heterocycles. The summed E-state index contributed by atoms with van der Waals surface area (Å²) in [4.78, 5) is 0. The van der Waals surface area contributed by atoms with E-state index in [4.69, 9.17) is 4.74 Å². The molecule has 0 amide bonds. The maximum absolute atomic E-state index is 12.4. The second kappa shape index (κ2) is 5.04. The van der Waals surface area contributed by atoms with Gasteiger partial charge in [0.2, 0.25) is 0 Å². The van der Waals surface area contributed by atoms with Crippen LogP contribution in [0.1, 0.15) is 39.7 Å². The van der Waals surface area contributed by atoms with E-state index in [1.54, 1.807) is 12.1 Å². The minimum absolute atomic E-state index is 0.214. The fourth-order valence-corrected chi connectivity index (χ4v) is 1.73. The van der Waals surface area contributed by atoms with Crippen molar-refractivity contribution in [2.45, 2.75) is 51.5 Å². The Bertz CT molecular complexity index is 414. The van der Waals surface area contributed by atoms with Crippen molar-refractivity contribution >= 4 is 0 Å². The first-order chi connectivity index (χ1) is 8.39. The van der Waals surface area contributed by atoms with Gasteiger partial charge in [0.15, 0.2) is 0 Å². The molecule has 0 aromatic heterocycles. The van der Waals surface area contributed by atoms with E-state index in [-0.39, 0.29) is 11.2 Å². The van der Waals surface area contributed by atoms with Crippen LogP contribution in [-0.4, -0.2) is 16.9 Å². The lowest BCUT2D eigenvalue weighted by Crippen LogP contribution is -2.29. The Hall–Kier alpha value is -1.23. The summed E-state index contributed by atoms with van der Waals surface area (Å²) in [7, 11) is 0. The van der Waals surface area contributed by atoms with Crippen LogP contribution >= 0.6 is 0 Å². The van der Waals surface area contributed by atoms with Crippen LogP contribution in [0.25, 0.3) is 0 Å². The quantitative estimate of drug-likeness (QED) is 0.903. The van der Waals surface area contributed by atoms with Gasteiger partial charge in [-0.1, -0.05) is 12.1 Å². The van der Waals surface area contributed by atoms with Gasteiger partial charge in [0.05, 0.1) is 12.0 Å². The lowest BCUT2D eigenvalue weighted by molar-refractivity contribution is -0.174. The topological polar surface area (TPSA) is 29.5 Å². The highest BCUT2D eigenvalue weighted by Crippen LogP contribution is 2.35. The molecule has 1 aromatic rings. The van der Waals surface area contributed by atoms with E-state index in [9.17, 15) is 18.3 Å². The van der Waals surface area contributed by atoms with E-state index in [1.807, 2.05) is 20.8 Å². The van der Waals surface area contributed by atoms with Gasteiger partial charge in [0, 0.05) is 0 Å². The molecule has 0 aliphatic carbocycles. The maximum atomic E-state index is 12.4. The summed E-state index contributed by atoms with van der Waals surface area (Å²) in [6.45, 7) is 6.78. The van der Waals surface area contributed by atoms with Crippen molar-refractivity contribution in [2.75, 3.05) is 0 Å². The smallest absolute Gasteiger partial charge is 0.392 e. The second-order valence-electron chi connectivity index (χ2n) is 5.80. The Morgan fingerprint density at radius 1 is 1.00 bits per heavy atom. The Balaban J connectivity index is 2.86. The third-order valence-corrected chi connectivity index (χ3v) is 2.44. The van der Waals surface area contributed by atoms with Crippen molar-refractivity contribution in [3.63, 3.8) is 0 Å². The van der Waals surface area contributed by atoms with E-state index in [2.05, 4.69) is 0 Å². The first-order valence-corrected chi connectivity index (χ1v) is 5.98. The summed E-state index contributed by atoms with van der Waals surface area (Å²) >= 11 is 0. The molecule has 0 bridgehead atoms. The van der Waals surface area contributed by atoms with Gasteiger partial charge in [0.25, 0.3) is 0 Å². The highest BCUT2D eigenvalue weighted by Gasteiger charge is 2.39. The van der Waals surface area contributed by atoms with E-state index >= 15 is 0 Å². The summed E-state index contributed by atoms with van der Waals surface area (Å²) < 4.78 is 42.6. The van der Waals surface area contributed by atoms with Gasteiger partial charge in [-0.3, -0.25) is 0 Å². The zero-order chi connectivity index (χ0) is 14.9. The molecule has 1 unspecified atom stereocenters. The number of rotatable bonds is 3. The van der Waals surface area contributed by atoms with Gasteiger partial charge in [-0.2, -0.15) is 13.2 Å². The number of benzene rings is 1. The zero-order valence-electron chi connectivity index (χ0n) is 11.5. The number of ether oxygens (including phenoxy) is 1. The number of halogens is 3. The van der Waals surface area contributed by atoms with Crippen molar-refractivity contribution in [1.29, 1.82) is 0 Å². The predicted octanol–water partition coefficient (Wildman–Crippen LogP) is 4.02. The van der Waals surface area contributed by atoms with Crippen molar-refractivity contribution in [3.8, 4) is 5.75 Å². The first-order valence-electron chi connectivity index (χ1n) is 5.98. The first kappa shape index (κ1) is 15.8. The second-order valence-corrected chi connectivity index (χ2v) is 5.80. The molecule has 1 aromatic carbocycles. The average Bonchev–Trinajstić information content (AvgIpc) is 2.11. The zero-order valence-corrected chi connectivity index (χ0v) is 11.5. The van der Waals surface area contributed by atoms with Gasteiger partial charge in [-0.05, 0) is 45.4 Å². The summed E-state index contributed by atoms with van der Waals surface area (Å²) in [6.07, 6.45) is -5.69. The summed E-state index contributed by atoms with van der Waals surface area (Å²) in [6, 6.07) is 6.02. The van der Waals surface area contributed by atoms with Crippen LogP contribution in [-0.2, 0) is 5.60 Å². The Morgan fingerprint density at radius 3 is 1.84 bits per heavy atom. The van der Waals surface area contributed by atoms with Crippen LogP contribution in [0, 0.1) is 0 Å². The molecule has 1 rings (SSSR count). The molecule has 0 spiro atoms. The average molecular weight is 276 g/mol. The summed E-state index contributed by atoms with van der Waals surface area (Å²) in [5.41, 5.74) is -2.10. The maximum Gasteiger partial charge on any atom is 0.392 e. The van der Waals surface area contributed by atoms with E-state index in [0.29, 0.717) is 5.75 Å². The molecule has 0 fully saturated rings. The van der Waals surface area contributed by atoms with E-state index < -0.39 is 18.2 Å². The fourth-order valence-electron chi connectivity index (χ4n) is 1.73. The number of alkyl halides is 3. The molecule has 0 aliphatic heterocycles. The Morgan fingerprint density at radius 2 is 1.47 bits per heavy atom. The Labute approximate surface area is 111 Å². The van der Waals surface area contributed by atoms with Gasteiger partial charge in [-0.25, -0.2) is 0 Å². The predicted molar refractivity (Wildman–Crippen MR) is 67.1 cm³/mol. The van der Waals surface area contributed by atoms with Crippen molar-refractivity contribution in [2.24, 2.45) is 0 Å². The molecule has 108 valence electrons. The third kappa shape index (κ3) is 5.51. The fraction of sp³-hybridized carbons (Fsp3) is 0.571. The number of hydrogen-bond acceptors (Lipinski definition) is 2. The lowest BCUT2D eigenvalue weighted by Gasteiger charge is -2.26. The SMILES string of the molecule is CC(C)(C)Oc1ccc(C(C)(O)CC(F)(F)F)cc1. The molecule has 19 heavy (non-hydrogen) atoms. The molecule has 0 aliphatic rings. The number of hydrogen-bond donors (Lipinski definition) is 1. The normalized spacial score (nSPS) is 16.0. The molecule has 2 nitrogen and oxygen atoms in total. The molecule has 0 radical (unpaired) electrons. The molecule has 1 N–H and O–H groups in total. The van der Waals surface area contributed by atoms with Gasteiger partial charge in [-0.15, -0.1) is 0 Å². The highest BCUT2D eigenvalue weighted by atomic mass is 19.4. The molecule has 5 heteroatoms. The molecular formula is C14H19F3O2. The monoisotopic (exact) mass is 276 g/mol. The van der Waals surface area contributed by atoms with Crippen LogP contribution < -0.4 is 4.74 Å². The van der Waals surface area contributed by atoms with Crippen molar-refractivity contribution in [3.05, 3.63) is 29.8 Å². The van der Waals surface area contributed by atoms with Gasteiger partial charge in [0.1, 0.15) is 11.4 Å². The van der Waals surface area contributed by atoms with E-state index in [1.165, 1.54) is 12.1 Å². The van der Waals surface area contributed by atoms with Crippen molar-refractivity contribution < 1.29 is 23.0 Å². The van der Waals surface area contributed by atoms with E-state index in [0.717, 1.165) is 6.92 Å².